The number of aromatic carboxylic acids is 1. The summed E-state index contributed by atoms with van der Waals surface area (Å²) in [6, 6.07) is 2.79. The fourth-order valence-electron chi connectivity index (χ4n) is 1.55. The van der Waals surface area contributed by atoms with Crippen LogP contribution in [0.2, 0.25) is 0 Å². The number of benzene rings is 1. The van der Waals surface area contributed by atoms with E-state index in [-0.39, 0.29) is 10.0 Å². The molecule has 78 valence electrons. The number of carboxylic acid groups (broad SMARTS) is 1. The van der Waals surface area contributed by atoms with Crippen LogP contribution in [-0.4, -0.2) is 15.6 Å². The summed E-state index contributed by atoms with van der Waals surface area (Å²) in [5.41, 5.74) is 0.737. The lowest BCUT2D eigenvalue weighted by Gasteiger charge is -1.98. The van der Waals surface area contributed by atoms with Gasteiger partial charge in [-0.3, -0.25) is 0 Å². The molecular formula is C10H7BrFNO2. The number of hydrogen-bond donors (Lipinski definition) is 1. The van der Waals surface area contributed by atoms with Crippen LogP contribution in [0.15, 0.2) is 22.8 Å². The van der Waals surface area contributed by atoms with E-state index in [1.807, 2.05) is 0 Å². The molecule has 2 aromatic rings. The molecule has 1 heterocycles. The van der Waals surface area contributed by atoms with Crippen molar-refractivity contribution in [3.05, 3.63) is 34.2 Å². The molecule has 15 heavy (non-hydrogen) atoms. The summed E-state index contributed by atoms with van der Waals surface area (Å²) in [6.07, 6.45) is 1.47. The largest absolute Gasteiger partial charge is 0.478 e. The van der Waals surface area contributed by atoms with Crippen LogP contribution in [0.3, 0.4) is 0 Å². The summed E-state index contributed by atoms with van der Waals surface area (Å²) in [5.74, 6) is -1.42. The van der Waals surface area contributed by atoms with Gasteiger partial charge in [0.1, 0.15) is 5.82 Å². The Kier molecular flexibility index (Phi) is 2.26. The first-order valence-electron chi connectivity index (χ1n) is 4.18. The first-order valence-corrected chi connectivity index (χ1v) is 4.97. The number of rotatable bonds is 1. The van der Waals surface area contributed by atoms with Crippen LogP contribution >= 0.6 is 15.9 Å². The minimum atomic E-state index is -1.01. The predicted molar refractivity (Wildman–Crippen MR) is 57.5 cm³/mol. The van der Waals surface area contributed by atoms with Crippen LogP contribution < -0.4 is 0 Å². The lowest BCUT2D eigenvalue weighted by molar-refractivity contribution is 0.0699. The van der Waals surface area contributed by atoms with Crippen LogP contribution in [0.1, 0.15) is 10.4 Å². The molecule has 0 bridgehead atoms. The zero-order valence-corrected chi connectivity index (χ0v) is 9.38. The van der Waals surface area contributed by atoms with Gasteiger partial charge in [0.05, 0.1) is 15.6 Å². The molecule has 1 N–H and O–H groups in total. The summed E-state index contributed by atoms with van der Waals surface area (Å²) in [6.45, 7) is 0. The smallest absolute Gasteiger partial charge is 0.337 e. The lowest BCUT2D eigenvalue weighted by Crippen LogP contribution is -1.94. The number of carbonyl (C=O) groups is 1. The van der Waals surface area contributed by atoms with E-state index in [1.165, 1.54) is 18.3 Å². The van der Waals surface area contributed by atoms with Gasteiger partial charge >= 0.3 is 5.97 Å². The molecule has 0 aliphatic rings. The molecule has 3 nitrogen and oxygen atoms in total. The van der Waals surface area contributed by atoms with Crippen molar-refractivity contribution in [2.45, 2.75) is 0 Å². The van der Waals surface area contributed by atoms with Crippen LogP contribution in [0, 0.1) is 5.82 Å². The van der Waals surface area contributed by atoms with Crippen LogP contribution in [0.4, 0.5) is 4.39 Å². The van der Waals surface area contributed by atoms with Gasteiger partial charge in [-0.1, -0.05) is 0 Å². The third kappa shape index (κ3) is 1.52. The Bertz CT molecular complexity index is 562. The van der Waals surface area contributed by atoms with Gasteiger partial charge in [0.2, 0.25) is 0 Å². The van der Waals surface area contributed by atoms with E-state index < -0.39 is 11.8 Å². The highest BCUT2D eigenvalue weighted by Crippen LogP contribution is 2.27. The minimum absolute atomic E-state index is 0.174. The van der Waals surface area contributed by atoms with E-state index in [2.05, 4.69) is 15.9 Å². The molecular weight excluding hydrogens is 265 g/mol. The average Bonchev–Trinajstić information content (AvgIpc) is 2.45. The fraction of sp³-hybridized carbons (Fsp3) is 0.100. The van der Waals surface area contributed by atoms with Crippen LogP contribution in [-0.2, 0) is 7.05 Å². The van der Waals surface area contributed by atoms with Crippen molar-refractivity contribution in [3.8, 4) is 0 Å². The molecule has 1 aromatic carbocycles. The number of carboxylic acids is 1. The normalized spacial score (nSPS) is 10.9. The molecule has 0 atom stereocenters. The molecule has 0 fully saturated rings. The molecule has 0 spiro atoms. The minimum Gasteiger partial charge on any atom is -0.478 e. The van der Waals surface area contributed by atoms with Crippen molar-refractivity contribution in [2.24, 2.45) is 7.05 Å². The standard InChI is InChI=1S/C10H7BrFNO2/c1-13-4-6(10(14)15)5-2-7(11)8(12)3-9(5)13/h2-4H,1H3,(H,14,15). The summed E-state index contributed by atoms with van der Waals surface area (Å²) in [4.78, 5) is 10.9. The number of halogens is 2. The Balaban J connectivity index is 2.88. The molecule has 5 heteroatoms. The molecule has 0 amide bonds. The quantitative estimate of drug-likeness (QED) is 0.867. The molecule has 2 rings (SSSR count). The van der Waals surface area contributed by atoms with Crippen molar-refractivity contribution in [1.29, 1.82) is 0 Å². The summed E-state index contributed by atoms with van der Waals surface area (Å²) >= 11 is 3.03. The van der Waals surface area contributed by atoms with Gasteiger partial charge in [-0.2, -0.15) is 0 Å². The van der Waals surface area contributed by atoms with Gasteiger partial charge < -0.3 is 9.67 Å². The van der Waals surface area contributed by atoms with E-state index in [0.29, 0.717) is 10.9 Å². The van der Waals surface area contributed by atoms with E-state index in [0.717, 1.165) is 0 Å². The number of fused-ring (bicyclic) bond motifs is 1. The predicted octanol–water partition coefficient (Wildman–Crippen LogP) is 2.78. The van der Waals surface area contributed by atoms with E-state index >= 15 is 0 Å². The molecule has 0 aliphatic heterocycles. The topological polar surface area (TPSA) is 42.2 Å². The van der Waals surface area contributed by atoms with Gasteiger partial charge in [-0.05, 0) is 28.1 Å². The molecule has 1 aromatic heterocycles. The second-order valence-electron chi connectivity index (χ2n) is 3.24. The van der Waals surface area contributed by atoms with Gasteiger partial charge in [-0.15, -0.1) is 0 Å². The summed E-state index contributed by atoms with van der Waals surface area (Å²) < 4.78 is 15.1. The molecule has 0 unspecified atom stereocenters. The fourth-order valence-corrected chi connectivity index (χ4v) is 1.89. The second kappa shape index (κ2) is 3.34. The Labute approximate surface area is 93.3 Å². The molecule has 0 radical (unpaired) electrons. The lowest BCUT2D eigenvalue weighted by atomic mass is 10.2. The highest BCUT2D eigenvalue weighted by molar-refractivity contribution is 9.10. The highest BCUT2D eigenvalue weighted by Gasteiger charge is 2.14. The van der Waals surface area contributed by atoms with Gasteiger partial charge in [-0.25, -0.2) is 9.18 Å². The van der Waals surface area contributed by atoms with Gasteiger partial charge in [0, 0.05) is 18.6 Å². The number of hydrogen-bond acceptors (Lipinski definition) is 1. The summed E-state index contributed by atoms with van der Waals surface area (Å²) in [7, 11) is 1.68. The van der Waals surface area contributed by atoms with E-state index in [1.54, 1.807) is 11.6 Å². The SMILES string of the molecule is Cn1cc(C(=O)O)c2cc(Br)c(F)cc21. The van der Waals surface area contributed by atoms with Gasteiger partial charge in [0.15, 0.2) is 0 Å². The molecule has 0 saturated heterocycles. The maximum Gasteiger partial charge on any atom is 0.337 e. The van der Waals surface area contributed by atoms with Crippen molar-refractivity contribution >= 4 is 32.8 Å². The Hall–Kier alpha value is -1.36. The molecule has 0 aliphatic carbocycles. The maximum absolute atomic E-state index is 13.2. The maximum atomic E-state index is 13.2. The number of aryl methyl sites for hydroxylation is 1. The van der Waals surface area contributed by atoms with E-state index in [4.69, 9.17) is 5.11 Å². The number of aromatic nitrogens is 1. The zero-order valence-electron chi connectivity index (χ0n) is 7.79. The third-order valence-corrected chi connectivity index (χ3v) is 2.87. The second-order valence-corrected chi connectivity index (χ2v) is 4.10. The van der Waals surface area contributed by atoms with Crippen molar-refractivity contribution in [3.63, 3.8) is 0 Å². The van der Waals surface area contributed by atoms with Crippen LogP contribution in [0.25, 0.3) is 10.9 Å². The Morgan fingerprint density at radius 3 is 2.80 bits per heavy atom. The highest BCUT2D eigenvalue weighted by atomic mass is 79.9. The third-order valence-electron chi connectivity index (χ3n) is 2.26. The Morgan fingerprint density at radius 2 is 2.20 bits per heavy atom. The van der Waals surface area contributed by atoms with Crippen molar-refractivity contribution in [1.82, 2.24) is 4.57 Å². The van der Waals surface area contributed by atoms with Crippen molar-refractivity contribution < 1.29 is 14.3 Å². The first-order chi connectivity index (χ1) is 7.00. The zero-order chi connectivity index (χ0) is 11.2. The average molecular weight is 272 g/mol. The summed E-state index contributed by atoms with van der Waals surface area (Å²) in [5, 5.41) is 9.46. The molecule has 0 saturated carbocycles. The van der Waals surface area contributed by atoms with Gasteiger partial charge in [0.25, 0.3) is 0 Å². The Morgan fingerprint density at radius 1 is 1.53 bits per heavy atom. The van der Waals surface area contributed by atoms with Crippen molar-refractivity contribution in [2.75, 3.05) is 0 Å². The van der Waals surface area contributed by atoms with E-state index in [9.17, 15) is 9.18 Å². The first kappa shape index (κ1) is 10.2. The number of nitrogens with zero attached hydrogens (tertiary/aromatic N) is 1. The monoisotopic (exact) mass is 271 g/mol. The van der Waals surface area contributed by atoms with Crippen LogP contribution in [0.5, 0.6) is 0 Å².